The van der Waals surface area contributed by atoms with Gasteiger partial charge in [-0.3, -0.25) is 4.98 Å². The fraction of sp³-hybridized carbons (Fsp3) is 0. The molecule has 0 saturated heterocycles. The SMILES string of the molecule is Brc1c[nH]c2[nH]ccc12.c1ccncc1. The van der Waals surface area contributed by atoms with Crippen LogP contribution in [0.5, 0.6) is 0 Å². The summed E-state index contributed by atoms with van der Waals surface area (Å²) in [6.07, 6.45) is 7.33. The van der Waals surface area contributed by atoms with Crippen molar-refractivity contribution in [1.82, 2.24) is 15.0 Å². The molecule has 0 aliphatic carbocycles. The highest BCUT2D eigenvalue weighted by atomic mass is 79.9. The fourth-order valence-electron chi connectivity index (χ4n) is 1.21. The van der Waals surface area contributed by atoms with Gasteiger partial charge in [0.2, 0.25) is 0 Å². The number of hydrogen-bond acceptors (Lipinski definition) is 1. The van der Waals surface area contributed by atoms with Gasteiger partial charge in [0.05, 0.1) is 0 Å². The Bertz CT molecular complexity index is 486. The van der Waals surface area contributed by atoms with Crippen LogP contribution in [0.15, 0.2) is 53.5 Å². The molecule has 0 amide bonds. The molecule has 0 aliphatic heterocycles. The number of H-pyrrole nitrogens is 2. The molecular weight excluding hydrogens is 254 g/mol. The molecule has 0 fully saturated rings. The monoisotopic (exact) mass is 263 g/mol. The molecule has 0 atom stereocenters. The Balaban J connectivity index is 0.000000124. The summed E-state index contributed by atoms with van der Waals surface area (Å²) < 4.78 is 1.11. The molecule has 3 aromatic heterocycles. The average Bonchev–Trinajstić information content (AvgIpc) is 2.88. The van der Waals surface area contributed by atoms with Crippen molar-refractivity contribution in [2.24, 2.45) is 0 Å². The van der Waals surface area contributed by atoms with Gasteiger partial charge in [0.15, 0.2) is 0 Å². The molecule has 0 aliphatic rings. The van der Waals surface area contributed by atoms with Crippen LogP contribution in [0, 0.1) is 0 Å². The first-order valence-corrected chi connectivity index (χ1v) is 5.32. The second kappa shape index (κ2) is 4.79. The lowest BCUT2D eigenvalue weighted by Crippen LogP contribution is -1.58. The van der Waals surface area contributed by atoms with Crippen LogP contribution in [0.3, 0.4) is 0 Å². The normalized spacial score (nSPS) is 9.67. The third-order valence-electron chi connectivity index (χ3n) is 1.91. The lowest BCUT2D eigenvalue weighted by atomic mass is 10.4. The van der Waals surface area contributed by atoms with Crippen molar-refractivity contribution in [1.29, 1.82) is 0 Å². The van der Waals surface area contributed by atoms with Gasteiger partial charge in [-0.15, -0.1) is 0 Å². The molecule has 0 radical (unpaired) electrons. The standard InChI is InChI=1S/C6H5BrN2.C5H5N/c7-5-3-9-6-4(5)1-2-8-6;1-2-4-6-5-3-1/h1-3,8-9H;1-5H. The lowest BCUT2D eigenvalue weighted by Gasteiger charge is -1.72. The molecule has 2 N–H and O–H groups in total. The van der Waals surface area contributed by atoms with Crippen LogP contribution in [-0.4, -0.2) is 15.0 Å². The molecule has 3 heterocycles. The maximum Gasteiger partial charge on any atom is 0.115 e. The average molecular weight is 264 g/mol. The van der Waals surface area contributed by atoms with Crippen LogP contribution in [0.2, 0.25) is 0 Å². The van der Waals surface area contributed by atoms with Crippen LogP contribution < -0.4 is 0 Å². The zero-order valence-corrected chi connectivity index (χ0v) is 9.53. The number of halogens is 1. The molecular formula is C11H10BrN3. The smallest absolute Gasteiger partial charge is 0.115 e. The molecule has 0 aromatic carbocycles. The maximum atomic E-state index is 3.78. The van der Waals surface area contributed by atoms with Gasteiger partial charge in [-0.1, -0.05) is 6.07 Å². The predicted octanol–water partition coefficient (Wildman–Crippen LogP) is 3.34. The molecule has 0 unspecified atom stereocenters. The molecule has 3 rings (SSSR count). The number of aromatic nitrogens is 3. The first-order chi connectivity index (χ1) is 7.38. The molecule has 3 aromatic rings. The molecule has 0 bridgehead atoms. The lowest BCUT2D eigenvalue weighted by molar-refractivity contribution is 1.33. The third-order valence-corrected chi connectivity index (χ3v) is 2.57. The molecule has 0 spiro atoms. The summed E-state index contributed by atoms with van der Waals surface area (Å²) in [6, 6.07) is 7.74. The minimum atomic E-state index is 1.07. The topological polar surface area (TPSA) is 44.5 Å². The highest BCUT2D eigenvalue weighted by Gasteiger charge is 1.97. The third kappa shape index (κ3) is 2.47. The first-order valence-electron chi connectivity index (χ1n) is 4.53. The largest absolute Gasteiger partial charge is 0.348 e. The summed E-state index contributed by atoms with van der Waals surface area (Å²) in [5.41, 5.74) is 1.07. The van der Waals surface area contributed by atoms with Crippen molar-refractivity contribution in [3.8, 4) is 0 Å². The van der Waals surface area contributed by atoms with E-state index in [1.165, 1.54) is 5.39 Å². The summed E-state index contributed by atoms with van der Waals surface area (Å²) in [4.78, 5) is 9.90. The minimum absolute atomic E-state index is 1.07. The van der Waals surface area contributed by atoms with Crippen molar-refractivity contribution in [2.45, 2.75) is 0 Å². The number of pyridine rings is 1. The van der Waals surface area contributed by atoms with Crippen LogP contribution in [0.4, 0.5) is 0 Å². The molecule has 4 heteroatoms. The Hall–Kier alpha value is -1.55. The number of hydrogen-bond donors (Lipinski definition) is 2. The van der Waals surface area contributed by atoms with Crippen molar-refractivity contribution >= 4 is 27.0 Å². The number of aromatic amines is 2. The van der Waals surface area contributed by atoms with E-state index in [0.717, 1.165) is 10.1 Å². The van der Waals surface area contributed by atoms with E-state index in [1.54, 1.807) is 12.4 Å². The quantitative estimate of drug-likeness (QED) is 0.642. The van der Waals surface area contributed by atoms with E-state index in [4.69, 9.17) is 0 Å². The van der Waals surface area contributed by atoms with Gasteiger partial charge < -0.3 is 9.97 Å². The van der Waals surface area contributed by atoms with E-state index in [9.17, 15) is 0 Å². The van der Waals surface area contributed by atoms with E-state index >= 15 is 0 Å². The summed E-state index contributed by atoms with van der Waals surface area (Å²) in [5.74, 6) is 0. The van der Waals surface area contributed by atoms with Gasteiger partial charge in [0.25, 0.3) is 0 Å². The van der Waals surface area contributed by atoms with Crippen molar-refractivity contribution in [3.63, 3.8) is 0 Å². The summed E-state index contributed by atoms with van der Waals surface area (Å²) >= 11 is 3.39. The van der Waals surface area contributed by atoms with E-state index in [0.29, 0.717) is 0 Å². The van der Waals surface area contributed by atoms with E-state index in [-0.39, 0.29) is 0 Å². The Morgan fingerprint density at radius 1 is 1.07 bits per heavy atom. The van der Waals surface area contributed by atoms with Crippen LogP contribution in [-0.2, 0) is 0 Å². The number of fused-ring (bicyclic) bond motifs is 1. The summed E-state index contributed by atoms with van der Waals surface area (Å²) in [5, 5.41) is 1.20. The second-order valence-corrected chi connectivity index (χ2v) is 3.78. The minimum Gasteiger partial charge on any atom is -0.348 e. The first kappa shape index (κ1) is 9.98. The second-order valence-electron chi connectivity index (χ2n) is 2.93. The van der Waals surface area contributed by atoms with Gasteiger partial charge in [-0.2, -0.15) is 0 Å². The zero-order chi connectivity index (χ0) is 10.5. The molecule has 3 nitrogen and oxygen atoms in total. The maximum absolute atomic E-state index is 3.78. The van der Waals surface area contributed by atoms with Crippen molar-refractivity contribution in [3.05, 3.63) is 53.5 Å². The number of nitrogens with zero attached hydrogens (tertiary/aromatic N) is 1. The predicted molar refractivity (Wildman–Crippen MR) is 64.6 cm³/mol. The number of nitrogens with one attached hydrogen (secondary N) is 2. The molecule has 0 saturated carbocycles. The Kier molecular flexibility index (Phi) is 3.19. The van der Waals surface area contributed by atoms with Crippen molar-refractivity contribution < 1.29 is 0 Å². The van der Waals surface area contributed by atoms with Gasteiger partial charge in [-0.05, 0) is 34.1 Å². The molecule has 76 valence electrons. The van der Waals surface area contributed by atoms with Crippen LogP contribution in [0.1, 0.15) is 0 Å². The number of rotatable bonds is 0. The van der Waals surface area contributed by atoms with E-state index < -0.39 is 0 Å². The summed E-state index contributed by atoms with van der Waals surface area (Å²) in [7, 11) is 0. The highest BCUT2D eigenvalue weighted by Crippen LogP contribution is 2.21. The van der Waals surface area contributed by atoms with Gasteiger partial charge >= 0.3 is 0 Å². The summed E-state index contributed by atoms with van der Waals surface area (Å²) in [6.45, 7) is 0. The van der Waals surface area contributed by atoms with Crippen LogP contribution >= 0.6 is 15.9 Å². The fourth-order valence-corrected chi connectivity index (χ4v) is 1.66. The van der Waals surface area contributed by atoms with Crippen LogP contribution in [0.25, 0.3) is 11.0 Å². The highest BCUT2D eigenvalue weighted by molar-refractivity contribution is 9.10. The van der Waals surface area contributed by atoms with E-state index in [2.05, 4.69) is 30.9 Å². The Morgan fingerprint density at radius 3 is 2.40 bits per heavy atom. The van der Waals surface area contributed by atoms with Gasteiger partial charge in [0, 0.05) is 34.6 Å². The Morgan fingerprint density at radius 2 is 1.87 bits per heavy atom. The Labute approximate surface area is 95.7 Å². The zero-order valence-electron chi connectivity index (χ0n) is 7.94. The molecule has 15 heavy (non-hydrogen) atoms. The van der Waals surface area contributed by atoms with Gasteiger partial charge in [-0.25, -0.2) is 0 Å². The van der Waals surface area contributed by atoms with E-state index in [1.807, 2.05) is 36.7 Å². The van der Waals surface area contributed by atoms with Gasteiger partial charge in [0.1, 0.15) is 5.65 Å². The van der Waals surface area contributed by atoms with Crippen molar-refractivity contribution in [2.75, 3.05) is 0 Å².